The first-order valence-corrected chi connectivity index (χ1v) is 3.66. The minimum Gasteiger partial charge on any atom is -0.320 e. The number of alkyl halides is 3. The van der Waals surface area contributed by atoms with E-state index < -0.39 is 12.2 Å². The fourth-order valence-corrected chi connectivity index (χ4v) is 0.677. The molecule has 0 amide bonds. The van der Waals surface area contributed by atoms with Gasteiger partial charge in [0.15, 0.2) is 0 Å². The van der Waals surface area contributed by atoms with E-state index >= 15 is 0 Å². The highest BCUT2D eigenvalue weighted by molar-refractivity contribution is 5.85. The Balaban J connectivity index is 0. The number of rotatable bonds is 3. The summed E-state index contributed by atoms with van der Waals surface area (Å²) in [6, 6.07) is -1.65. The average molecular weight is 206 g/mol. The van der Waals surface area contributed by atoms with E-state index in [1.165, 1.54) is 0 Å². The zero-order valence-corrected chi connectivity index (χ0v) is 8.00. The van der Waals surface area contributed by atoms with Crippen molar-refractivity contribution in [2.24, 2.45) is 11.7 Å². The highest BCUT2D eigenvalue weighted by atomic mass is 35.5. The van der Waals surface area contributed by atoms with Gasteiger partial charge in [0.2, 0.25) is 0 Å². The minimum atomic E-state index is -4.23. The van der Waals surface area contributed by atoms with Gasteiger partial charge in [-0.1, -0.05) is 13.8 Å². The second kappa shape index (κ2) is 5.65. The van der Waals surface area contributed by atoms with Crippen LogP contribution in [0.3, 0.4) is 0 Å². The summed E-state index contributed by atoms with van der Waals surface area (Å²) in [5.41, 5.74) is 4.87. The van der Waals surface area contributed by atoms with Gasteiger partial charge in [0.1, 0.15) is 6.04 Å². The lowest BCUT2D eigenvalue weighted by Gasteiger charge is -2.15. The van der Waals surface area contributed by atoms with Crippen LogP contribution in [0.2, 0.25) is 0 Å². The highest BCUT2D eigenvalue weighted by Crippen LogP contribution is 2.22. The lowest BCUT2D eigenvalue weighted by Crippen LogP contribution is -2.37. The van der Waals surface area contributed by atoms with Gasteiger partial charge in [-0.15, -0.1) is 12.4 Å². The molecule has 0 unspecified atom stereocenters. The first-order valence-electron chi connectivity index (χ1n) is 3.66. The van der Waals surface area contributed by atoms with Crippen molar-refractivity contribution in [2.45, 2.75) is 38.9 Å². The third-order valence-electron chi connectivity index (χ3n) is 1.48. The van der Waals surface area contributed by atoms with Gasteiger partial charge in [-0.3, -0.25) is 0 Å². The predicted molar refractivity (Wildman–Crippen MR) is 45.4 cm³/mol. The molecule has 0 aromatic rings. The van der Waals surface area contributed by atoms with Crippen LogP contribution in [0, 0.1) is 5.92 Å². The Morgan fingerprint density at radius 2 is 1.58 bits per heavy atom. The molecule has 0 spiro atoms. The zero-order valence-electron chi connectivity index (χ0n) is 7.19. The Labute approximate surface area is 76.9 Å². The summed E-state index contributed by atoms with van der Waals surface area (Å²) in [6.07, 6.45) is -3.67. The molecule has 0 rings (SSSR count). The van der Waals surface area contributed by atoms with E-state index in [9.17, 15) is 13.2 Å². The van der Waals surface area contributed by atoms with Crippen molar-refractivity contribution < 1.29 is 13.2 Å². The van der Waals surface area contributed by atoms with Crippen molar-refractivity contribution in [1.82, 2.24) is 0 Å². The van der Waals surface area contributed by atoms with Crippen molar-refractivity contribution in [2.75, 3.05) is 0 Å². The van der Waals surface area contributed by atoms with Crippen LogP contribution in [0.25, 0.3) is 0 Å². The summed E-state index contributed by atoms with van der Waals surface area (Å²) in [4.78, 5) is 0. The monoisotopic (exact) mass is 205 g/mol. The molecule has 2 N–H and O–H groups in total. The molecule has 0 aromatic heterocycles. The number of hydrogen-bond acceptors (Lipinski definition) is 1. The second-order valence-electron chi connectivity index (χ2n) is 3.12. The first-order chi connectivity index (χ1) is 4.84. The molecule has 0 saturated heterocycles. The topological polar surface area (TPSA) is 26.0 Å². The molecule has 0 fully saturated rings. The van der Waals surface area contributed by atoms with E-state index in [1.54, 1.807) is 0 Å². The van der Waals surface area contributed by atoms with Crippen LogP contribution >= 0.6 is 12.4 Å². The summed E-state index contributed by atoms with van der Waals surface area (Å²) in [7, 11) is 0. The molecular formula is C7H15ClF3N. The Morgan fingerprint density at radius 3 is 1.83 bits per heavy atom. The van der Waals surface area contributed by atoms with E-state index in [0.29, 0.717) is 6.42 Å². The Bertz CT molecular complexity index is 114. The van der Waals surface area contributed by atoms with Crippen LogP contribution in [0.15, 0.2) is 0 Å². The fraction of sp³-hybridized carbons (Fsp3) is 1.00. The van der Waals surface area contributed by atoms with Crippen LogP contribution in [-0.2, 0) is 0 Å². The molecule has 1 nitrogen and oxygen atoms in total. The molecule has 0 aliphatic rings. The summed E-state index contributed by atoms with van der Waals surface area (Å²) in [5, 5.41) is 0. The lowest BCUT2D eigenvalue weighted by molar-refractivity contribution is -0.149. The Kier molecular flexibility index (Phi) is 6.85. The summed E-state index contributed by atoms with van der Waals surface area (Å²) >= 11 is 0. The molecule has 1 atom stereocenters. The van der Waals surface area contributed by atoms with Crippen molar-refractivity contribution in [3.8, 4) is 0 Å². The highest BCUT2D eigenvalue weighted by Gasteiger charge is 2.35. The average Bonchev–Trinajstić information content (AvgIpc) is 1.80. The molecule has 12 heavy (non-hydrogen) atoms. The van der Waals surface area contributed by atoms with Crippen LogP contribution in [0.4, 0.5) is 13.2 Å². The fourth-order valence-electron chi connectivity index (χ4n) is 0.677. The SMILES string of the molecule is CC(C)CC[C@@H](N)C(F)(F)F.Cl. The molecule has 0 aromatic carbocycles. The van der Waals surface area contributed by atoms with Crippen molar-refractivity contribution >= 4 is 12.4 Å². The molecule has 5 heteroatoms. The third kappa shape index (κ3) is 6.73. The van der Waals surface area contributed by atoms with Gasteiger partial charge in [-0.25, -0.2) is 0 Å². The van der Waals surface area contributed by atoms with Gasteiger partial charge in [0.05, 0.1) is 0 Å². The lowest BCUT2D eigenvalue weighted by atomic mass is 10.0. The standard InChI is InChI=1S/C7H14F3N.ClH/c1-5(2)3-4-6(11)7(8,9)10;/h5-6H,3-4,11H2,1-2H3;1H/t6-;/m1./s1. The Morgan fingerprint density at radius 1 is 1.17 bits per heavy atom. The molecular weight excluding hydrogens is 191 g/mol. The number of nitrogens with two attached hydrogens (primary N) is 1. The van der Waals surface area contributed by atoms with Crippen molar-refractivity contribution in [1.29, 1.82) is 0 Å². The van der Waals surface area contributed by atoms with E-state index in [0.717, 1.165) is 0 Å². The molecule has 0 aliphatic heterocycles. The van der Waals surface area contributed by atoms with E-state index in [1.807, 2.05) is 13.8 Å². The number of halogens is 4. The van der Waals surface area contributed by atoms with Crippen molar-refractivity contribution in [3.05, 3.63) is 0 Å². The molecule has 0 saturated carbocycles. The molecule has 0 aliphatic carbocycles. The maximum atomic E-state index is 11.8. The summed E-state index contributed by atoms with van der Waals surface area (Å²) in [5.74, 6) is 0.281. The smallest absolute Gasteiger partial charge is 0.320 e. The van der Waals surface area contributed by atoms with Gasteiger partial charge in [-0.2, -0.15) is 13.2 Å². The van der Waals surface area contributed by atoms with Crippen LogP contribution in [0.5, 0.6) is 0 Å². The molecule has 0 heterocycles. The molecule has 76 valence electrons. The Hall–Kier alpha value is 0.0400. The van der Waals surface area contributed by atoms with Gasteiger partial charge >= 0.3 is 6.18 Å². The number of hydrogen-bond donors (Lipinski definition) is 1. The third-order valence-corrected chi connectivity index (χ3v) is 1.48. The van der Waals surface area contributed by atoms with Gasteiger partial charge in [-0.05, 0) is 18.8 Å². The zero-order chi connectivity index (χ0) is 9.07. The van der Waals surface area contributed by atoms with E-state index in [-0.39, 0.29) is 24.7 Å². The molecule has 0 radical (unpaired) electrons. The van der Waals surface area contributed by atoms with Gasteiger partial charge in [0, 0.05) is 0 Å². The predicted octanol–water partition coefficient (Wildman–Crippen LogP) is 2.73. The van der Waals surface area contributed by atoms with Gasteiger partial charge in [0.25, 0.3) is 0 Å². The quantitative estimate of drug-likeness (QED) is 0.754. The summed E-state index contributed by atoms with van der Waals surface area (Å²) in [6.45, 7) is 3.76. The first kappa shape index (κ1) is 14.6. The maximum Gasteiger partial charge on any atom is 0.403 e. The molecule has 0 bridgehead atoms. The van der Waals surface area contributed by atoms with Crippen LogP contribution in [-0.4, -0.2) is 12.2 Å². The minimum absolute atomic E-state index is 0. The normalized spacial score (nSPS) is 14.2. The van der Waals surface area contributed by atoms with E-state index in [2.05, 4.69) is 0 Å². The summed E-state index contributed by atoms with van der Waals surface area (Å²) < 4.78 is 35.3. The van der Waals surface area contributed by atoms with E-state index in [4.69, 9.17) is 5.73 Å². The second-order valence-corrected chi connectivity index (χ2v) is 3.12. The van der Waals surface area contributed by atoms with Crippen LogP contribution in [0.1, 0.15) is 26.7 Å². The largest absolute Gasteiger partial charge is 0.403 e. The maximum absolute atomic E-state index is 11.8. The van der Waals surface area contributed by atoms with Gasteiger partial charge < -0.3 is 5.73 Å². The van der Waals surface area contributed by atoms with Crippen LogP contribution < -0.4 is 5.73 Å². The van der Waals surface area contributed by atoms with Crippen molar-refractivity contribution in [3.63, 3.8) is 0 Å².